The van der Waals surface area contributed by atoms with Crippen LogP contribution in [-0.2, 0) is 4.74 Å². The standard InChI is InChI=1S/C21H36N4O/c1-5-22-20(24-17-21(12-9-13-21)14-15-26-4)23-16-18(2)25(3)19-10-7-6-8-11-19/h6-8,10-11,18H,5,9,12-17H2,1-4H3,(H2,22,23,24). The van der Waals surface area contributed by atoms with Crippen LogP contribution in [0.3, 0.4) is 0 Å². The molecule has 0 aromatic heterocycles. The lowest BCUT2D eigenvalue weighted by Crippen LogP contribution is -2.45. The Labute approximate surface area is 159 Å². The zero-order valence-corrected chi connectivity index (χ0v) is 16.9. The number of rotatable bonds is 10. The highest BCUT2D eigenvalue weighted by molar-refractivity contribution is 5.79. The first-order valence-electron chi connectivity index (χ1n) is 9.89. The van der Waals surface area contributed by atoms with Gasteiger partial charge in [0.15, 0.2) is 5.96 Å². The molecule has 1 saturated carbocycles. The molecule has 1 aromatic carbocycles. The molecule has 1 fully saturated rings. The fourth-order valence-electron chi connectivity index (χ4n) is 3.37. The molecule has 5 nitrogen and oxygen atoms in total. The van der Waals surface area contributed by atoms with E-state index in [1.165, 1.54) is 24.9 Å². The van der Waals surface area contributed by atoms with E-state index in [-0.39, 0.29) is 0 Å². The van der Waals surface area contributed by atoms with E-state index in [1.54, 1.807) is 7.11 Å². The van der Waals surface area contributed by atoms with E-state index >= 15 is 0 Å². The predicted molar refractivity (Wildman–Crippen MR) is 111 cm³/mol. The van der Waals surface area contributed by atoms with Gasteiger partial charge in [0.2, 0.25) is 0 Å². The second-order valence-electron chi connectivity index (χ2n) is 7.47. The van der Waals surface area contributed by atoms with E-state index < -0.39 is 0 Å². The maximum atomic E-state index is 5.29. The third-order valence-electron chi connectivity index (χ3n) is 5.56. The molecule has 0 amide bonds. The van der Waals surface area contributed by atoms with E-state index in [0.717, 1.165) is 38.6 Å². The van der Waals surface area contributed by atoms with Crippen LogP contribution >= 0.6 is 0 Å². The van der Waals surface area contributed by atoms with E-state index in [9.17, 15) is 0 Å². The van der Waals surface area contributed by atoms with Crippen LogP contribution in [0.5, 0.6) is 0 Å². The van der Waals surface area contributed by atoms with Gasteiger partial charge in [0.1, 0.15) is 0 Å². The van der Waals surface area contributed by atoms with E-state index in [1.807, 2.05) is 0 Å². The quantitative estimate of drug-likeness (QED) is 0.497. The molecule has 0 bridgehead atoms. The number of likely N-dealkylation sites (N-methyl/N-ethyl adjacent to an activating group) is 1. The molecular formula is C21H36N4O. The maximum Gasteiger partial charge on any atom is 0.191 e. The number of hydrogen-bond donors (Lipinski definition) is 2. The van der Waals surface area contributed by atoms with Gasteiger partial charge in [-0.25, -0.2) is 0 Å². The molecule has 0 radical (unpaired) electrons. The summed E-state index contributed by atoms with van der Waals surface area (Å²) in [5, 5.41) is 6.90. The summed E-state index contributed by atoms with van der Waals surface area (Å²) in [7, 11) is 3.92. The van der Waals surface area contributed by atoms with Gasteiger partial charge in [-0.1, -0.05) is 24.6 Å². The monoisotopic (exact) mass is 360 g/mol. The Morgan fingerprint density at radius 3 is 2.58 bits per heavy atom. The normalized spacial score (nSPS) is 17.3. The first-order chi connectivity index (χ1) is 12.6. The summed E-state index contributed by atoms with van der Waals surface area (Å²) in [5.41, 5.74) is 1.59. The predicted octanol–water partition coefficient (Wildman–Crippen LogP) is 3.27. The maximum absolute atomic E-state index is 5.29. The summed E-state index contributed by atoms with van der Waals surface area (Å²) >= 11 is 0. The number of aliphatic imine (C=N–C) groups is 1. The number of nitrogens with zero attached hydrogens (tertiary/aromatic N) is 2. The lowest BCUT2D eigenvalue weighted by Gasteiger charge is -2.40. The minimum Gasteiger partial charge on any atom is -0.385 e. The molecule has 1 atom stereocenters. The molecule has 146 valence electrons. The van der Waals surface area contributed by atoms with Gasteiger partial charge in [-0.05, 0) is 50.7 Å². The number of guanidine groups is 1. The van der Waals surface area contributed by atoms with Crippen LogP contribution in [0.15, 0.2) is 35.3 Å². The summed E-state index contributed by atoms with van der Waals surface area (Å²) in [6.07, 6.45) is 4.97. The minimum atomic E-state index is 0.352. The van der Waals surface area contributed by atoms with Gasteiger partial charge in [-0.2, -0.15) is 0 Å². The fourth-order valence-corrected chi connectivity index (χ4v) is 3.37. The third-order valence-corrected chi connectivity index (χ3v) is 5.56. The topological polar surface area (TPSA) is 48.9 Å². The second-order valence-corrected chi connectivity index (χ2v) is 7.47. The zero-order valence-electron chi connectivity index (χ0n) is 16.9. The highest BCUT2D eigenvalue weighted by Crippen LogP contribution is 2.44. The molecule has 0 spiro atoms. The molecule has 1 aliphatic carbocycles. The summed E-state index contributed by atoms with van der Waals surface area (Å²) in [5.74, 6) is 0.921. The van der Waals surface area contributed by atoms with Crippen molar-refractivity contribution in [2.24, 2.45) is 10.4 Å². The van der Waals surface area contributed by atoms with Crippen molar-refractivity contribution in [2.45, 2.75) is 45.6 Å². The number of nitrogens with one attached hydrogen (secondary N) is 2. The van der Waals surface area contributed by atoms with Crippen molar-refractivity contribution in [1.82, 2.24) is 10.6 Å². The van der Waals surface area contributed by atoms with Crippen LogP contribution in [-0.4, -0.2) is 52.4 Å². The molecule has 0 saturated heterocycles. The third kappa shape index (κ3) is 5.90. The molecule has 2 N–H and O–H groups in total. The van der Waals surface area contributed by atoms with Gasteiger partial charge in [0.25, 0.3) is 0 Å². The molecule has 5 heteroatoms. The number of benzene rings is 1. The van der Waals surface area contributed by atoms with E-state index in [2.05, 4.69) is 66.8 Å². The Hall–Kier alpha value is -1.75. The number of hydrogen-bond acceptors (Lipinski definition) is 3. The minimum absolute atomic E-state index is 0.352. The SMILES string of the molecule is CCNC(=NCC1(CCOC)CCC1)NCC(C)N(C)c1ccccc1. The second kappa shape index (κ2) is 10.4. The van der Waals surface area contributed by atoms with Crippen LogP contribution < -0.4 is 15.5 Å². The average molecular weight is 361 g/mol. The lowest BCUT2D eigenvalue weighted by atomic mass is 9.67. The molecule has 1 aliphatic rings. The first kappa shape index (κ1) is 20.6. The zero-order chi connectivity index (χ0) is 18.8. The Balaban J connectivity index is 1.88. The molecule has 0 aliphatic heterocycles. The van der Waals surface area contributed by atoms with Crippen molar-refractivity contribution in [1.29, 1.82) is 0 Å². The lowest BCUT2D eigenvalue weighted by molar-refractivity contribution is 0.0778. The summed E-state index contributed by atoms with van der Waals surface area (Å²) in [4.78, 5) is 7.18. The Bertz CT molecular complexity index is 542. The van der Waals surface area contributed by atoms with Gasteiger partial charge in [0, 0.05) is 52.1 Å². The summed E-state index contributed by atoms with van der Waals surface area (Å²) in [6, 6.07) is 10.9. The van der Waals surface area contributed by atoms with Gasteiger partial charge in [0.05, 0.1) is 0 Å². The van der Waals surface area contributed by atoms with Crippen molar-refractivity contribution in [3.05, 3.63) is 30.3 Å². The highest BCUT2D eigenvalue weighted by Gasteiger charge is 2.36. The Kier molecular flexibility index (Phi) is 8.23. The van der Waals surface area contributed by atoms with Crippen LogP contribution in [0.1, 0.15) is 39.5 Å². The van der Waals surface area contributed by atoms with Gasteiger partial charge < -0.3 is 20.3 Å². The summed E-state index contributed by atoms with van der Waals surface area (Å²) in [6.45, 7) is 7.78. The Morgan fingerprint density at radius 2 is 2.00 bits per heavy atom. The van der Waals surface area contributed by atoms with Crippen molar-refractivity contribution in [2.75, 3.05) is 45.3 Å². The fraction of sp³-hybridized carbons (Fsp3) is 0.667. The molecule has 1 aromatic rings. The Morgan fingerprint density at radius 1 is 1.27 bits per heavy atom. The van der Waals surface area contributed by atoms with Crippen LogP contribution in [0.2, 0.25) is 0 Å². The van der Waals surface area contributed by atoms with Crippen LogP contribution in [0.4, 0.5) is 5.69 Å². The number of para-hydroxylation sites is 1. The molecule has 26 heavy (non-hydrogen) atoms. The smallest absolute Gasteiger partial charge is 0.191 e. The number of ether oxygens (including phenoxy) is 1. The molecule has 1 unspecified atom stereocenters. The first-order valence-corrected chi connectivity index (χ1v) is 9.89. The average Bonchev–Trinajstić information content (AvgIpc) is 2.64. The molecular weight excluding hydrogens is 324 g/mol. The molecule has 2 rings (SSSR count). The van der Waals surface area contributed by atoms with Crippen LogP contribution in [0, 0.1) is 5.41 Å². The van der Waals surface area contributed by atoms with Gasteiger partial charge >= 0.3 is 0 Å². The van der Waals surface area contributed by atoms with E-state index in [0.29, 0.717) is 11.5 Å². The largest absolute Gasteiger partial charge is 0.385 e. The molecule has 0 heterocycles. The van der Waals surface area contributed by atoms with Crippen molar-refractivity contribution >= 4 is 11.6 Å². The van der Waals surface area contributed by atoms with Gasteiger partial charge in [-0.3, -0.25) is 4.99 Å². The highest BCUT2D eigenvalue weighted by atomic mass is 16.5. The van der Waals surface area contributed by atoms with Crippen LogP contribution in [0.25, 0.3) is 0 Å². The van der Waals surface area contributed by atoms with Crippen molar-refractivity contribution < 1.29 is 4.74 Å². The van der Waals surface area contributed by atoms with E-state index in [4.69, 9.17) is 9.73 Å². The van der Waals surface area contributed by atoms with Gasteiger partial charge in [-0.15, -0.1) is 0 Å². The van der Waals surface area contributed by atoms with Crippen molar-refractivity contribution in [3.63, 3.8) is 0 Å². The summed E-state index contributed by atoms with van der Waals surface area (Å²) < 4.78 is 5.29. The number of anilines is 1. The van der Waals surface area contributed by atoms with Crippen molar-refractivity contribution in [3.8, 4) is 0 Å². The number of methoxy groups -OCH3 is 1.